The van der Waals surface area contributed by atoms with Crippen molar-refractivity contribution >= 4 is 22.4 Å². The number of aryl methyl sites for hydroxylation is 1. The van der Waals surface area contributed by atoms with Crippen molar-refractivity contribution in [1.29, 1.82) is 0 Å². The van der Waals surface area contributed by atoms with E-state index >= 15 is 4.39 Å². The van der Waals surface area contributed by atoms with Crippen LogP contribution in [-0.4, -0.2) is 59.0 Å². The maximum absolute atomic E-state index is 15.4. The molecule has 33 heavy (non-hydrogen) atoms. The van der Waals surface area contributed by atoms with Gasteiger partial charge in [-0.2, -0.15) is 5.10 Å². The number of aromatic nitrogens is 4. The molecule has 2 aromatic heterocycles. The minimum absolute atomic E-state index is 0.142. The molecular formula is C24H25FN6O2. The van der Waals surface area contributed by atoms with Gasteiger partial charge in [-0.3, -0.25) is 9.67 Å². The average Bonchev–Trinajstić information content (AvgIpc) is 3.18. The zero-order valence-corrected chi connectivity index (χ0v) is 19.0. The molecule has 0 atom stereocenters. The van der Waals surface area contributed by atoms with E-state index in [4.69, 9.17) is 14.5 Å². The lowest BCUT2D eigenvalue weighted by atomic mass is 10.1. The number of nitrogens with zero attached hydrogens (tertiary/aromatic N) is 6. The SMILES string of the molecule is COc1cc(OC)c(F)c(N2CCN(C)Cc3c2ccc2ncc(-c4cnn(C)c4)nc32)c1. The van der Waals surface area contributed by atoms with Gasteiger partial charge in [-0.1, -0.05) is 0 Å². The van der Waals surface area contributed by atoms with Crippen LogP contribution in [0.1, 0.15) is 5.56 Å². The molecule has 0 fully saturated rings. The zero-order valence-electron chi connectivity index (χ0n) is 19.0. The van der Waals surface area contributed by atoms with E-state index in [9.17, 15) is 0 Å². The summed E-state index contributed by atoms with van der Waals surface area (Å²) in [6.45, 7) is 2.00. The molecule has 0 amide bonds. The lowest BCUT2D eigenvalue weighted by Gasteiger charge is -2.26. The van der Waals surface area contributed by atoms with Crippen molar-refractivity contribution in [2.45, 2.75) is 6.54 Å². The van der Waals surface area contributed by atoms with Crippen molar-refractivity contribution < 1.29 is 13.9 Å². The minimum Gasteiger partial charge on any atom is -0.497 e. The molecule has 0 saturated carbocycles. The Morgan fingerprint density at radius 2 is 1.85 bits per heavy atom. The predicted octanol–water partition coefficient (Wildman–Crippen LogP) is 3.77. The van der Waals surface area contributed by atoms with E-state index in [-0.39, 0.29) is 5.75 Å². The molecule has 5 rings (SSSR count). The summed E-state index contributed by atoms with van der Waals surface area (Å²) in [6, 6.07) is 7.17. The van der Waals surface area contributed by atoms with Gasteiger partial charge in [0.05, 0.1) is 49.0 Å². The number of fused-ring (bicyclic) bond motifs is 3. The average molecular weight is 449 g/mol. The third-order valence-corrected chi connectivity index (χ3v) is 5.96. The largest absolute Gasteiger partial charge is 0.497 e. The van der Waals surface area contributed by atoms with Gasteiger partial charge < -0.3 is 19.3 Å². The highest BCUT2D eigenvalue weighted by Gasteiger charge is 2.26. The Morgan fingerprint density at radius 1 is 1.00 bits per heavy atom. The molecule has 0 aliphatic carbocycles. The number of halogens is 1. The Morgan fingerprint density at radius 3 is 2.58 bits per heavy atom. The van der Waals surface area contributed by atoms with Gasteiger partial charge in [-0.25, -0.2) is 9.37 Å². The zero-order chi connectivity index (χ0) is 23.1. The summed E-state index contributed by atoms with van der Waals surface area (Å²) < 4.78 is 27.8. The first-order valence-electron chi connectivity index (χ1n) is 10.6. The van der Waals surface area contributed by atoms with Gasteiger partial charge in [-0.15, -0.1) is 0 Å². The standard InChI is InChI=1S/C24H25FN6O2/c1-29-7-8-31(21-9-16(32-3)10-22(33-4)23(21)25)20-6-5-18-24(17(20)14-29)28-19(12-26-18)15-11-27-30(2)13-15/h5-6,9-13H,7-8,14H2,1-4H3. The topological polar surface area (TPSA) is 68.5 Å². The predicted molar refractivity (Wildman–Crippen MR) is 125 cm³/mol. The molecule has 0 radical (unpaired) electrons. The van der Waals surface area contributed by atoms with Crippen LogP contribution < -0.4 is 14.4 Å². The van der Waals surface area contributed by atoms with Gasteiger partial charge in [0.15, 0.2) is 11.6 Å². The van der Waals surface area contributed by atoms with Crippen molar-refractivity contribution in [3.63, 3.8) is 0 Å². The maximum atomic E-state index is 15.4. The van der Waals surface area contributed by atoms with Crippen LogP contribution in [0.2, 0.25) is 0 Å². The van der Waals surface area contributed by atoms with Gasteiger partial charge in [-0.05, 0) is 19.2 Å². The molecule has 0 spiro atoms. The van der Waals surface area contributed by atoms with E-state index in [1.807, 2.05) is 37.3 Å². The number of rotatable bonds is 4. The summed E-state index contributed by atoms with van der Waals surface area (Å²) in [5.74, 6) is 0.244. The summed E-state index contributed by atoms with van der Waals surface area (Å²) in [6.07, 6.45) is 5.44. The summed E-state index contributed by atoms with van der Waals surface area (Å²) in [7, 11) is 6.93. The van der Waals surface area contributed by atoms with Crippen molar-refractivity contribution in [2.75, 3.05) is 39.3 Å². The van der Waals surface area contributed by atoms with Crippen LogP contribution in [0.4, 0.5) is 15.8 Å². The van der Waals surface area contributed by atoms with E-state index in [1.54, 1.807) is 36.3 Å². The third-order valence-electron chi connectivity index (χ3n) is 5.96. The van der Waals surface area contributed by atoms with Crippen molar-refractivity contribution in [2.24, 2.45) is 7.05 Å². The second-order valence-electron chi connectivity index (χ2n) is 8.14. The number of benzene rings is 2. The Bertz CT molecular complexity index is 1340. The van der Waals surface area contributed by atoms with Crippen LogP contribution in [0.5, 0.6) is 11.5 Å². The summed E-state index contributed by atoms with van der Waals surface area (Å²) in [5, 5.41) is 4.25. The third kappa shape index (κ3) is 3.74. The Labute approximate surface area is 191 Å². The minimum atomic E-state index is -0.427. The lowest BCUT2D eigenvalue weighted by molar-refractivity contribution is 0.343. The van der Waals surface area contributed by atoms with Crippen LogP contribution in [0.15, 0.2) is 42.9 Å². The van der Waals surface area contributed by atoms with Gasteiger partial charge in [0, 0.05) is 61.8 Å². The molecule has 0 saturated heterocycles. The summed E-state index contributed by atoms with van der Waals surface area (Å²) in [5.41, 5.74) is 5.51. The van der Waals surface area contributed by atoms with Crippen LogP contribution in [-0.2, 0) is 13.6 Å². The highest BCUT2D eigenvalue weighted by atomic mass is 19.1. The Kier molecular flexibility index (Phi) is 5.33. The van der Waals surface area contributed by atoms with Crippen molar-refractivity contribution in [3.05, 3.63) is 54.2 Å². The number of hydrogen-bond donors (Lipinski definition) is 0. The van der Waals surface area contributed by atoms with E-state index in [0.29, 0.717) is 24.5 Å². The van der Waals surface area contributed by atoms with Crippen molar-refractivity contribution in [3.8, 4) is 22.8 Å². The lowest BCUT2D eigenvalue weighted by Crippen LogP contribution is -2.26. The first kappa shape index (κ1) is 21.1. The fraction of sp³-hybridized carbons (Fsp3) is 0.292. The number of likely N-dealkylation sites (N-methyl/N-ethyl adjacent to an activating group) is 1. The molecule has 1 aliphatic heterocycles. The fourth-order valence-corrected chi connectivity index (χ4v) is 4.24. The highest BCUT2D eigenvalue weighted by molar-refractivity contribution is 5.87. The maximum Gasteiger partial charge on any atom is 0.188 e. The van der Waals surface area contributed by atoms with Crippen LogP contribution in [0.3, 0.4) is 0 Å². The molecule has 4 aromatic rings. The second-order valence-corrected chi connectivity index (χ2v) is 8.14. The quantitative estimate of drug-likeness (QED) is 0.471. The van der Waals surface area contributed by atoms with Crippen LogP contribution in [0.25, 0.3) is 22.3 Å². The van der Waals surface area contributed by atoms with Crippen molar-refractivity contribution in [1.82, 2.24) is 24.6 Å². The van der Waals surface area contributed by atoms with E-state index in [2.05, 4.69) is 15.0 Å². The first-order chi connectivity index (χ1) is 16.0. The number of methoxy groups -OCH3 is 2. The molecule has 8 nitrogen and oxygen atoms in total. The van der Waals surface area contributed by atoms with Gasteiger partial charge in [0.25, 0.3) is 0 Å². The summed E-state index contributed by atoms with van der Waals surface area (Å²) in [4.78, 5) is 13.8. The number of hydrogen-bond acceptors (Lipinski definition) is 7. The molecule has 3 heterocycles. The molecular weight excluding hydrogens is 423 g/mol. The highest BCUT2D eigenvalue weighted by Crippen LogP contribution is 2.40. The van der Waals surface area contributed by atoms with Gasteiger partial charge in [0.1, 0.15) is 5.75 Å². The van der Waals surface area contributed by atoms with Gasteiger partial charge in [0.2, 0.25) is 0 Å². The molecule has 9 heteroatoms. The monoisotopic (exact) mass is 448 g/mol. The second kappa shape index (κ2) is 8.32. The molecule has 170 valence electrons. The first-order valence-corrected chi connectivity index (χ1v) is 10.6. The Hall–Kier alpha value is -3.72. The number of anilines is 2. The van der Waals surface area contributed by atoms with Crippen LogP contribution >= 0.6 is 0 Å². The smallest absolute Gasteiger partial charge is 0.188 e. The van der Waals surface area contributed by atoms with E-state index in [1.165, 1.54) is 7.11 Å². The number of ether oxygens (including phenoxy) is 2. The van der Waals surface area contributed by atoms with E-state index in [0.717, 1.165) is 40.1 Å². The normalized spacial score (nSPS) is 14.3. The Balaban J connectivity index is 1.72. The molecule has 0 bridgehead atoms. The molecule has 0 N–H and O–H groups in total. The summed E-state index contributed by atoms with van der Waals surface area (Å²) >= 11 is 0. The molecule has 0 unspecified atom stereocenters. The molecule has 1 aliphatic rings. The van der Waals surface area contributed by atoms with E-state index < -0.39 is 5.82 Å². The fourth-order valence-electron chi connectivity index (χ4n) is 4.24. The van der Waals surface area contributed by atoms with Crippen LogP contribution in [0, 0.1) is 5.82 Å². The molecule has 2 aromatic carbocycles. The van der Waals surface area contributed by atoms with Gasteiger partial charge >= 0.3 is 0 Å².